The number of nitrogens with zero attached hydrogens (tertiary/aromatic N) is 2. The fourth-order valence-corrected chi connectivity index (χ4v) is 3.23. The first-order valence-corrected chi connectivity index (χ1v) is 8.67. The van der Waals surface area contributed by atoms with Crippen LogP contribution in [0.5, 0.6) is 0 Å². The van der Waals surface area contributed by atoms with Gasteiger partial charge >= 0.3 is 0 Å². The van der Waals surface area contributed by atoms with Gasteiger partial charge in [0, 0.05) is 23.7 Å². The fourth-order valence-electron chi connectivity index (χ4n) is 1.97. The van der Waals surface area contributed by atoms with Crippen LogP contribution in [0.15, 0.2) is 35.4 Å². The number of benzene rings is 1. The lowest BCUT2D eigenvalue weighted by Gasteiger charge is -2.24. The van der Waals surface area contributed by atoms with E-state index >= 15 is 0 Å². The molecule has 0 aliphatic carbocycles. The summed E-state index contributed by atoms with van der Waals surface area (Å²) in [5.41, 5.74) is 6.64. The van der Waals surface area contributed by atoms with Crippen molar-refractivity contribution in [2.75, 3.05) is 12.8 Å². The van der Waals surface area contributed by atoms with Crippen LogP contribution in [-0.4, -0.2) is 25.3 Å². The van der Waals surface area contributed by atoms with Crippen molar-refractivity contribution in [3.05, 3.63) is 40.9 Å². The van der Waals surface area contributed by atoms with Gasteiger partial charge < -0.3 is 5.73 Å². The Labute approximate surface area is 140 Å². The highest BCUT2D eigenvalue weighted by Gasteiger charge is 2.14. The molecule has 9 heteroatoms. The summed E-state index contributed by atoms with van der Waals surface area (Å²) < 4.78 is 22.5. The van der Waals surface area contributed by atoms with Gasteiger partial charge in [0.25, 0.3) is 0 Å². The largest absolute Gasteiger partial charge is 0.375 e. The second kappa shape index (κ2) is 7.38. The summed E-state index contributed by atoms with van der Waals surface area (Å²) in [6.07, 6.45) is 1.77. The number of thiazole rings is 1. The third kappa shape index (κ3) is 4.65. The summed E-state index contributed by atoms with van der Waals surface area (Å²) in [4.78, 5) is 7.37. The monoisotopic (exact) mass is 362 g/mol. The van der Waals surface area contributed by atoms with E-state index in [1.165, 1.54) is 23.5 Å². The maximum Gasteiger partial charge on any atom is 0.238 e. The number of sulfonamides is 1. The Morgan fingerprint density at radius 3 is 2.36 bits per heavy atom. The second-order valence-corrected chi connectivity index (χ2v) is 7.58. The quantitative estimate of drug-likeness (QED) is 0.846. The maximum absolute atomic E-state index is 11.2. The van der Waals surface area contributed by atoms with Crippen LogP contribution in [0.2, 0.25) is 0 Å². The van der Waals surface area contributed by atoms with Crippen molar-refractivity contribution in [3.63, 3.8) is 0 Å². The Morgan fingerprint density at radius 1 is 1.32 bits per heavy atom. The molecule has 1 heterocycles. The zero-order valence-electron chi connectivity index (χ0n) is 12.3. The molecule has 0 fully saturated rings. The van der Waals surface area contributed by atoms with E-state index in [-0.39, 0.29) is 23.3 Å². The molecular weight excluding hydrogens is 344 g/mol. The third-order valence-electron chi connectivity index (χ3n) is 3.33. The topological polar surface area (TPSA) is 102 Å². The molecule has 2 aromatic rings. The van der Waals surface area contributed by atoms with Crippen LogP contribution in [0.25, 0.3) is 0 Å². The minimum Gasteiger partial charge on any atom is -0.375 e. The Bertz CT molecular complexity index is 716. The van der Waals surface area contributed by atoms with Gasteiger partial charge in [0.05, 0.1) is 4.90 Å². The number of nitrogen functional groups attached to an aromatic ring is 1. The van der Waals surface area contributed by atoms with Gasteiger partial charge in [-0.05, 0) is 31.7 Å². The first kappa shape index (κ1) is 18.9. The Kier molecular flexibility index (Phi) is 6.33. The molecule has 0 amide bonds. The Morgan fingerprint density at radius 2 is 1.91 bits per heavy atom. The molecule has 0 aliphatic heterocycles. The number of rotatable bonds is 5. The van der Waals surface area contributed by atoms with E-state index in [4.69, 9.17) is 10.9 Å². The summed E-state index contributed by atoms with van der Waals surface area (Å²) in [5.74, 6) is 0. The predicted octanol–water partition coefficient (Wildman–Crippen LogP) is 1.99. The van der Waals surface area contributed by atoms with Crippen molar-refractivity contribution >= 4 is 38.9 Å². The summed E-state index contributed by atoms with van der Waals surface area (Å²) >= 11 is 1.46. The molecule has 1 aromatic carbocycles. The molecule has 122 valence electrons. The van der Waals surface area contributed by atoms with Gasteiger partial charge in [-0.25, -0.2) is 18.5 Å². The third-order valence-corrected chi connectivity index (χ3v) is 5.07. The summed E-state index contributed by atoms with van der Waals surface area (Å²) in [6, 6.07) is 6.74. The maximum atomic E-state index is 11.2. The lowest BCUT2D eigenvalue weighted by Crippen LogP contribution is -2.21. The van der Waals surface area contributed by atoms with Gasteiger partial charge in [0.1, 0.15) is 0 Å². The van der Waals surface area contributed by atoms with Crippen LogP contribution in [0.3, 0.4) is 0 Å². The van der Waals surface area contributed by atoms with Gasteiger partial charge in [-0.15, -0.1) is 23.7 Å². The minimum atomic E-state index is -3.65. The van der Waals surface area contributed by atoms with Gasteiger partial charge in [0.15, 0.2) is 5.13 Å². The molecule has 4 N–H and O–H groups in total. The number of anilines is 1. The standard InChI is InChI=1S/C13H18N4O2S2.ClH/c1-9(17(2)8-11-7-16-13(14)20-11)10-3-5-12(6-4-10)21(15,18)19;/h3-7,9H,8H2,1-2H3,(H2,14,16)(H2,15,18,19);1H. The van der Waals surface area contributed by atoms with Crippen molar-refractivity contribution in [1.29, 1.82) is 0 Å². The van der Waals surface area contributed by atoms with Crippen LogP contribution in [-0.2, 0) is 16.6 Å². The number of primary sulfonamides is 1. The van der Waals surface area contributed by atoms with Crippen LogP contribution < -0.4 is 10.9 Å². The van der Waals surface area contributed by atoms with Crippen molar-refractivity contribution < 1.29 is 8.42 Å². The van der Waals surface area contributed by atoms with Crippen LogP contribution in [0.1, 0.15) is 23.4 Å². The van der Waals surface area contributed by atoms with E-state index in [2.05, 4.69) is 16.8 Å². The molecule has 2 rings (SSSR count). The highest BCUT2D eigenvalue weighted by Crippen LogP contribution is 2.24. The summed E-state index contributed by atoms with van der Waals surface area (Å²) in [6.45, 7) is 2.78. The van der Waals surface area contributed by atoms with E-state index in [0.29, 0.717) is 5.13 Å². The molecule has 1 unspecified atom stereocenters. The van der Waals surface area contributed by atoms with Crippen molar-refractivity contribution in [2.24, 2.45) is 5.14 Å². The van der Waals surface area contributed by atoms with Gasteiger partial charge in [0.2, 0.25) is 10.0 Å². The molecule has 0 radical (unpaired) electrons. The van der Waals surface area contributed by atoms with E-state index in [0.717, 1.165) is 17.0 Å². The van der Waals surface area contributed by atoms with Gasteiger partial charge in [-0.1, -0.05) is 12.1 Å². The smallest absolute Gasteiger partial charge is 0.238 e. The molecule has 1 atom stereocenters. The van der Waals surface area contributed by atoms with Gasteiger partial charge in [-0.3, -0.25) is 4.90 Å². The molecule has 0 saturated heterocycles. The van der Waals surface area contributed by atoms with E-state index in [1.807, 2.05) is 7.05 Å². The van der Waals surface area contributed by atoms with Crippen molar-refractivity contribution in [3.8, 4) is 0 Å². The van der Waals surface area contributed by atoms with E-state index in [9.17, 15) is 8.42 Å². The molecule has 0 aliphatic rings. The average Bonchev–Trinajstić information content (AvgIpc) is 2.82. The average molecular weight is 363 g/mol. The number of nitrogens with two attached hydrogens (primary N) is 2. The molecule has 0 saturated carbocycles. The Hall–Kier alpha value is -1.19. The summed E-state index contributed by atoms with van der Waals surface area (Å²) in [5, 5.41) is 5.65. The van der Waals surface area contributed by atoms with Crippen molar-refractivity contribution in [1.82, 2.24) is 9.88 Å². The molecule has 0 spiro atoms. The van der Waals surface area contributed by atoms with Crippen LogP contribution in [0, 0.1) is 0 Å². The molecular formula is C13H19ClN4O2S2. The number of hydrogen-bond acceptors (Lipinski definition) is 6. The lowest BCUT2D eigenvalue weighted by atomic mass is 10.1. The Balaban J connectivity index is 0.00000242. The molecule has 6 nitrogen and oxygen atoms in total. The fraction of sp³-hybridized carbons (Fsp3) is 0.308. The highest BCUT2D eigenvalue weighted by atomic mass is 35.5. The molecule has 0 bridgehead atoms. The second-order valence-electron chi connectivity index (χ2n) is 4.87. The molecule has 22 heavy (non-hydrogen) atoms. The van der Waals surface area contributed by atoms with Gasteiger partial charge in [-0.2, -0.15) is 0 Å². The number of halogens is 1. The van der Waals surface area contributed by atoms with Crippen LogP contribution >= 0.6 is 23.7 Å². The predicted molar refractivity (Wildman–Crippen MR) is 91.5 cm³/mol. The number of aromatic nitrogens is 1. The SMILES string of the molecule is CC(c1ccc(S(N)(=O)=O)cc1)N(C)Cc1cnc(N)s1.Cl. The minimum absolute atomic E-state index is 0. The zero-order chi connectivity index (χ0) is 15.6. The number of hydrogen-bond donors (Lipinski definition) is 2. The normalized spacial score (nSPS) is 12.9. The summed E-state index contributed by atoms with van der Waals surface area (Å²) in [7, 11) is -1.65. The van der Waals surface area contributed by atoms with E-state index in [1.54, 1.807) is 18.3 Å². The van der Waals surface area contributed by atoms with Crippen molar-refractivity contribution in [2.45, 2.75) is 24.4 Å². The van der Waals surface area contributed by atoms with E-state index < -0.39 is 10.0 Å². The molecule has 1 aromatic heterocycles. The van der Waals surface area contributed by atoms with Crippen LogP contribution in [0.4, 0.5) is 5.13 Å². The zero-order valence-corrected chi connectivity index (χ0v) is 14.7. The first-order chi connectivity index (χ1) is 9.77. The lowest BCUT2D eigenvalue weighted by molar-refractivity contribution is 0.255. The highest BCUT2D eigenvalue weighted by molar-refractivity contribution is 7.89. The first-order valence-electron chi connectivity index (χ1n) is 6.30.